The summed E-state index contributed by atoms with van der Waals surface area (Å²) in [6.07, 6.45) is 5.83. The van der Waals surface area contributed by atoms with Gasteiger partial charge < -0.3 is 34.3 Å². The highest BCUT2D eigenvalue weighted by Crippen LogP contribution is 2.44. The van der Waals surface area contributed by atoms with Crippen molar-refractivity contribution in [3.63, 3.8) is 0 Å². The van der Waals surface area contributed by atoms with E-state index in [2.05, 4.69) is 0 Å². The molecule has 0 aliphatic carbocycles. The third kappa shape index (κ3) is 3.73. The summed E-state index contributed by atoms with van der Waals surface area (Å²) in [4.78, 5) is 0. The van der Waals surface area contributed by atoms with Gasteiger partial charge >= 0.3 is 11.9 Å². The lowest BCUT2D eigenvalue weighted by Crippen LogP contribution is -2.57. The number of rotatable bonds is 11. The third-order valence-corrected chi connectivity index (χ3v) is 3.28. The van der Waals surface area contributed by atoms with Gasteiger partial charge in [-0.15, -0.1) is 0 Å². The molecule has 7 nitrogen and oxygen atoms in total. The molecule has 1 aliphatic rings. The van der Waals surface area contributed by atoms with Crippen molar-refractivity contribution < 1.29 is 34.3 Å². The summed E-state index contributed by atoms with van der Waals surface area (Å²) in [6, 6.07) is 0. The largest absolute Gasteiger partial charge is 0.429 e. The van der Waals surface area contributed by atoms with Crippen LogP contribution in [0.15, 0.2) is 36.4 Å². The van der Waals surface area contributed by atoms with Crippen LogP contribution in [0.5, 0.6) is 0 Å². The average Bonchev–Trinajstić information content (AvgIpc) is 3.22. The van der Waals surface area contributed by atoms with Crippen molar-refractivity contribution in [2.75, 3.05) is 19.8 Å². The molecule has 0 radical (unpaired) electrons. The van der Waals surface area contributed by atoms with Gasteiger partial charge in [-0.2, -0.15) is 0 Å². The first-order valence-corrected chi connectivity index (χ1v) is 7.03. The van der Waals surface area contributed by atoms with E-state index in [4.69, 9.17) is 18.9 Å². The lowest BCUT2D eigenvalue weighted by Gasteiger charge is -2.43. The van der Waals surface area contributed by atoms with Gasteiger partial charge in [-0.05, 0) is 20.3 Å². The number of hydrogen-bond acceptors (Lipinski definition) is 7. The summed E-state index contributed by atoms with van der Waals surface area (Å²) in [5.41, 5.74) is -1.42. The van der Waals surface area contributed by atoms with E-state index in [0.717, 1.165) is 0 Å². The molecule has 0 aromatic rings. The van der Waals surface area contributed by atoms with Crippen LogP contribution in [0.25, 0.3) is 0 Å². The summed E-state index contributed by atoms with van der Waals surface area (Å²) < 4.78 is 21.8. The van der Waals surface area contributed by atoms with Crippen molar-refractivity contribution in [2.24, 2.45) is 5.41 Å². The molecule has 7 heteroatoms. The van der Waals surface area contributed by atoms with Crippen LogP contribution in [0.3, 0.4) is 0 Å². The molecule has 0 atom stereocenters. The Morgan fingerprint density at radius 1 is 1.05 bits per heavy atom. The predicted molar refractivity (Wildman–Crippen MR) is 77.7 cm³/mol. The van der Waals surface area contributed by atoms with Crippen molar-refractivity contribution in [3.05, 3.63) is 36.4 Å². The summed E-state index contributed by atoms with van der Waals surface area (Å²) >= 11 is 0. The normalized spacial score (nSPS) is 15.4. The highest BCUT2D eigenvalue weighted by atomic mass is 16.9. The summed E-state index contributed by atoms with van der Waals surface area (Å²) in [5, 5.41) is 29.0. The van der Waals surface area contributed by atoms with E-state index in [0.29, 0.717) is 5.76 Å². The minimum absolute atomic E-state index is 0.0125. The molecule has 1 heterocycles. The molecule has 0 aromatic carbocycles. The quantitative estimate of drug-likeness (QED) is 0.390. The Kier molecular flexibility index (Phi) is 6.73. The van der Waals surface area contributed by atoms with Gasteiger partial charge in [0.1, 0.15) is 5.41 Å². The molecular weight excluding hydrogens is 292 g/mol. The van der Waals surface area contributed by atoms with Gasteiger partial charge in [0.05, 0.1) is 25.7 Å². The molecule has 0 amide bonds. The predicted octanol–water partition coefficient (Wildman–Crippen LogP) is 1.33. The molecule has 1 rings (SSSR count). The molecule has 0 saturated heterocycles. The van der Waals surface area contributed by atoms with Crippen LogP contribution >= 0.6 is 0 Å². The van der Waals surface area contributed by atoms with E-state index in [-0.39, 0.29) is 19.0 Å². The maximum atomic E-state index is 9.82. The minimum atomic E-state index is -1.88. The fraction of sp³-hybridized carbons (Fsp3) is 0.600. The maximum Gasteiger partial charge on any atom is 0.429 e. The SMILES string of the molecule is C/C=C/OC(O/C=C/C)(OC1=C(C)O1)C(CO)(CO)CCO. The van der Waals surface area contributed by atoms with Gasteiger partial charge in [0.15, 0.2) is 5.76 Å². The highest BCUT2D eigenvalue weighted by Gasteiger charge is 2.60. The number of hydrogen-bond donors (Lipinski definition) is 3. The van der Waals surface area contributed by atoms with Crippen LogP contribution in [-0.4, -0.2) is 41.1 Å². The van der Waals surface area contributed by atoms with Gasteiger partial charge in [0, 0.05) is 13.5 Å². The van der Waals surface area contributed by atoms with Crippen molar-refractivity contribution in [1.82, 2.24) is 0 Å². The van der Waals surface area contributed by atoms with Crippen LogP contribution in [-0.2, 0) is 18.9 Å². The molecule has 0 spiro atoms. The van der Waals surface area contributed by atoms with Crippen LogP contribution < -0.4 is 0 Å². The Bertz CT molecular complexity index is 421. The molecule has 126 valence electrons. The van der Waals surface area contributed by atoms with Gasteiger partial charge in [0.2, 0.25) is 0 Å². The van der Waals surface area contributed by atoms with Crippen LogP contribution in [0.1, 0.15) is 27.2 Å². The summed E-state index contributed by atoms with van der Waals surface area (Å²) in [6.45, 7) is 3.77. The van der Waals surface area contributed by atoms with E-state index >= 15 is 0 Å². The molecule has 0 fully saturated rings. The van der Waals surface area contributed by atoms with Crippen LogP contribution in [0, 0.1) is 5.41 Å². The first-order chi connectivity index (χ1) is 10.5. The topological polar surface area (TPSA) is 101 Å². The zero-order chi connectivity index (χ0) is 16.6. The van der Waals surface area contributed by atoms with E-state index in [1.54, 1.807) is 32.9 Å². The molecule has 0 bridgehead atoms. The van der Waals surface area contributed by atoms with E-state index in [9.17, 15) is 15.3 Å². The van der Waals surface area contributed by atoms with Gasteiger partial charge in [-0.3, -0.25) is 0 Å². The first-order valence-electron chi connectivity index (χ1n) is 7.03. The zero-order valence-electron chi connectivity index (χ0n) is 13.1. The molecule has 1 aliphatic heterocycles. The smallest absolute Gasteiger partial charge is 0.428 e. The molecule has 22 heavy (non-hydrogen) atoms. The van der Waals surface area contributed by atoms with Crippen molar-refractivity contribution >= 4 is 0 Å². The van der Waals surface area contributed by atoms with Crippen LogP contribution in [0.4, 0.5) is 0 Å². The standard InChI is InChI=1S/C15H24O7/c1-4-8-19-15(20-9-5-2,22-13-12(3)21-13)14(10-17,11-18)6-7-16/h4-5,8-9,16-18H,6-7,10-11H2,1-3H3/b8-4+,9-5+. The Morgan fingerprint density at radius 2 is 1.55 bits per heavy atom. The van der Waals surface area contributed by atoms with Gasteiger partial charge in [0.25, 0.3) is 0 Å². The fourth-order valence-corrected chi connectivity index (χ4v) is 1.85. The minimum Gasteiger partial charge on any atom is -0.428 e. The number of ether oxygens (including phenoxy) is 4. The Morgan fingerprint density at radius 3 is 1.86 bits per heavy atom. The summed E-state index contributed by atoms with van der Waals surface area (Å²) in [7, 11) is 0. The number of aliphatic hydroxyl groups is 3. The van der Waals surface area contributed by atoms with Gasteiger partial charge in [-0.1, -0.05) is 12.2 Å². The second-order valence-corrected chi connectivity index (χ2v) is 4.85. The monoisotopic (exact) mass is 316 g/mol. The van der Waals surface area contributed by atoms with E-state index < -0.39 is 24.6 Å². The first kappa shape index (κ1) is 18.3. The molecular formula is C15H24O7. The van der Waals surface area contributed by atoms with Gasteiger partial charge in [-0.25, -0.2) is 0 Å². The average molecular weight is 316 g/mol. The second-order valence-electron chi connectivity index (χ2n) is 4.85. The van der Waals surface area contributed by atoms with Crippen LogP contribution in [0.2, 0.25) is 0 Å². The molecule has 0 saturated carbocycles. The summed E-state index contributed by atoms with van der Waals surface area (Å²) in [5.74, 6) is -1.14. The lowest BCUT2D eigenvalue weighted by atomic mass is 9.83. The maximum absolute atomic E-state index is 9.82. The van der Waals surface area contributed by atoms with E-state index in [1.165, 1.54) is 12.5 Å². The number of aliphatic hydroxyl groups excluding tert-OH is 3. The zero-order valence-corrected chi connectivity index (χ0v) is 13.1. The van der Waals surface area contributed by atoms with Crippen molar-refractivity contribution in [3.8, 4) is 0 Å². The van der Waals surface area contributed by atoms with Crippen molar-refractivity contribution in [2.45, 2.75) is 33.2 Å². The highest BCUT2D eigenvalue weighted by molar-refractivity contribution is 5.09. The Labute approximate surface area is 130 Å². The number of allylic oxidation sites excluding steroid dienone is 3. The van der Waals surface area contributed by atoms with E-state index in [1.807, 2.05) is 0 Å². The Hall–Kier alpha value is -1.70. The third-order valence-electron chi connectivity index (χ3n) is 3.28. The molecule has 0 aromatic heterocycles. The Balaban J connectivity index is 3.28. The van der Waals surface area contributed by atoms with Crippen molar-refractivity contribution in [1.29, 1.82) is 0 Å². The molecule has 3 N–H and O–H groups in total. The molecule has 0 unspecified atom stereocenters. The second kappa shape index (κ2) is 8.07. The fourth-order valence-electron chi connectivity index (χ4n) is 1.85. The lowest BCUT2D eigenvalue weighted by molar-refractivity contribution is -0.397.